The first kappa shape index (κ1) is 19.4. The summed E-state index contributed by atoms with van der Waals surface area (Å²) in [4.78, 5) is 24.3. The molecule has 0 fully saturated rings. The molecule has 8 nitrogen and oxygen atoms in total. The molecule has 0 spiro atoms. The van der Waals surface area contributed by atoms with E-state index in [1.165, 1.54) is 6.92 Å². The van der Waals surface area contributed by atoms with Crippen molar-refractivity contribution in [2.45, 2.75) is 13.5 Å². The Hall–Kier alpha value is -3.91. The van der Waals surface area contributed by atoms with E-state index in [2.05, 4.69) is 20.6 Å². The van der Waals surface area contributed by atoms with Crippen LogP contribution < -0.4 is 26.3 Å². The fourth-order valence-electron chi connectivity index (χ4n) is 3.14. The number of hydrogen-bond donors (Lipinski definition) is 4. The Morgan fingerprint density at radius 2 is 1.93 bits per heavy atom. The predicted octanol–water partition coefficient (Wildman–Crippen LogP) is 3.31. The summed E-state index contributed by atoms with van der Waals surface area (Å²) >= 11 is 0. The Bertz CT molecular complexity index is 1180. The summed E-state index contributed by atoms with van der Waals surface area (Å²) in [6.45, 7) is 2.01. The van der Waals surface area contributed by atoms with E-state index in [1.807, 2.05) is 60.8 Å². The number of carbonyl (C=O) groups is 1. The van der Waals surface area contributed by atoms with E-state index >= 15 is 0 Å². The average Bonchev–Trinajstić information content (AvgIpc) is 3.23. The number of H-pyrrole nitrogens is 2. The predicted molar refractivity (Wildman–Crippen MR) is 119 cm³/mol. The Balaban J connectivity index is 1.61. The van der Waals surface area contributed by atoms with Gasteiger partial charge in [0.25, 0.3) is 0 Å². The van der Waals surface area contributed by atoms with Crippen LogP contribution in [0.15, 0.2) is 60.8 Å². The van der Waals surface area contributed by atoms with Crippen LogP contribution in [0.25, 0.3) is 11.0 Å². The summed E-state index contributed by atoms with van der Waals surface area (Å²) in [7, 11) is 1.75. The second-order valence-electron chi connectivity index (χ2n) is 6.98. The topological polar surface area (TPSA) is 113 Å². The number of nitrogens with zero attached hydrogens (tertiary/aromatic N) is 2. The van der Waals surface area contributed by atoms with Gasteiger partial charge in [-0.25, -0.2) is 4.98 Å². The maximum atomic E-state index is 11.5. The molecule has 0 aliphatic heterocycles. The number of aromatic amines is 2. The zero-order valence-electron chi connectivity index (χ0n) is 16.9. The van der Waals surface area contributed by atoms with Gasteiger partial charge in [-0.3, -0.25) is 15.1 Å². The van der Waals surface area contributed by atoms with Crippen LogP contribution in [-0.4, -0.2) is 22.9 Å². The van der Waals surface area contributed by atoms with Crippen molar-refractivity contribution < 1.29 is 9.78 Å². The molecule has 30 heavy (non-hydrogen) atoms. The Morgan fingerprint density at radius 3 is 2.67 bits per heavy atom. The van der Waals surface area contributed by atoms with E-state index in [0.717, 1.165) is 39.5 Å². The molecule has 0 bridgehead atoms. The third-order valence-corrected chi connectivity index (χ3v) is 4.88. The van der Waals surface area contributed by atoms with Crippen molar-refractivity contribution in [3.05, 3.63) is 66.4 Å². The molecular formula is C22H24N7O+. The highest BCUT2D eigenvalue weighted by Crippen LogP contribution is 2.25. The van der Waals surface area contributed by atoms with Crippen LogP contribution >= 0.6 is 0 Å². The summed E-state index contributed by atoms with van der Waals surface area (Å²) in [5.74, 6) is 1.28. The molecule has 0 unspecified atom stereocenters. The molecule has 8 heteroatoms. The number of nitrogens with two attached hydrogens (primary N) is 1. The van der Waals surface area contributed by atoms with Crippen LogP contribution in [0.3, 0.4) is 0 Å². The van der Waals surface area contributed by atoms with Gasteiger partial charge in [-0.05, 0) is 48.0 Å². The van der Waals surface area contributed by atoms with Crippen molar-refractivity contribution in [3.63, 3.8) is 0 Å². The number of hydrogen-bond acceptors (Lipinski definition) is 5. The normalized spacial score (nSPS) is 10.8. The summed E-state index contributed by atoms with van der Waals surface area (Å²) < 4.78 is 0. The molecular weight excluding hydrogens is 378 g/mol. The first-order valence-corrected chi connectivity index (χ1v) is 9.61. The molecule has 6 N–H and O–H groups in total. The highest BCUT2D eigenvalue weighted by atomic mass is 16.2. The molecule has 0 aliphatic carbocycles. The van der Waals surface area contributed by atoms with Crippen molar-refractivity contribution in [2.75, 3.05) is 22.6 Å². The van der Waals surface area contributed by atoms with Gasteiger partial charge in [-0.2, -0.15) is 0 Å². The van der Waals surface area contributed by atoms with Gasteiger partial charge in [0.1, 0.15) is 0 Å². The molecule has 152 valence electrons. The number of nitrogens with one attached hydrogen (secondary N) is 4. The van der Waals surface area contributed by atoms with Gasteiger partial charge in [0, 0.05) is 38.1 Å². The largest absolute Gasteiger partial charge is 0.351 e. The third-order valence-electron chi connectivity index (χ3n) is 4.88. The van der Waals surface area contributed by atoms with Crippen LogP contribution in [0.4, 0.5) is 28.8 Å². The van der Waals surface area contributed by atoms with E-state index < -0.39 is 0 Å². The van der Waals surface area contributed by atoms with Gasteiger partial charge in [0.05, 0.1) is 11.1 Å². The molecule has 2 heterocycles. The van der Waals surface area contributed by atoms with Crippen molar-refractivity contribution in [1.82, 2.24) is 9.97 Å². The van der Waals surface area contributed by atoms with Crippen LogP contribution in [0.1, 0.15) is 12.5 Å². The Kier molecular flexibility index (Phi) is 5.32. The van der Waals surface area contributed by atoms with Gasteiger partial charge < -0.3 is 16.0 Å². The van der Waals surface area contributed by atoms with Crippen molar-refractivity contribution >= 4 is 45.8 Å². The lowest BCUT2D eigenvalue weighted by Gasteiger charge is -2.14. The van der Waals surface area contributed by atoms with E-state index in [4.69, 9.17) is 10.7 Å². The van der Waals surface area contributed by atoms with Gasteiger partial charge in [0.2, 0.25) is 17.4 Å². The highest BCUT2D eigenvalue weighted by Gasteiger charge is 2.15. The van der Waals surface area contributed by atoms with Crippen molar-refractivity contribution in [3.8, 4) is 0 Å². The molecule has 0 aliphatic rings. The van der Waals surface area contributed by atoms with E-state index in [9.17, 15) is 4.79 Å². The number of fused-ring (bicyclic) bond motifs is 1. The quantitative estimate of drug-likeness (QED) is 0.395. The smallest absolute Gasteiger partial charge is 0.329 e. The maximum absolute atomic E-state index is 11.5. The Labute approximate surface area is 174 Å². The summed E-state index contributed by atoms with van der Waals surface area (Å²) in [6, 6.07) is 17.5. The van der Waals surface area contributed by atoms with Gasteiger partial charge in [-0.1, -0.05) is 17.1 Å². The zero-order valence-corrected chi connectivity index (χ0v) is 16.9. The lowest BCUT2D eigenvalue weighted by atomic mass is 10.2. The number of amides is 1. The molecule has 1 amide bonds. The minimum absolute atomic E-state index is 0.0164. The van der Waals surface area contributed by atoms with Gasteiger partial charge in [0.15, 0.2) is 0 Å². The molecule has 2 aromatic heterocycles. The molecule has 4 rings (SSSR count). The minimum atomic E-state index is -0.0164. The second-order valence-corrected chi connectivity index (χ2v) is 6.98. The number of carbonyl (C=O) groups excluding carboxylic acids is 1. The molecule has 4 aromatic rings. The SMILES string of the molecule is CC(=O)N(C)c1ccc(Nc2nc(Nc3cccc(CN)c3)c3cc[nH]c3[nH+]2)cc1. The minimum Gasteiger partial charge on any atom is -0.329 e. The molecule has 0 radical (unpaired) electrons. The Morgan fingerprint density at radius 1 is 1.13 bits per heavy atom. The van der Waals surface area contributed by atoms with Crippen LogP contribution in [0.5, 0.6) is 0 Å². The summed E-state index contributed by atoms with van der Waals surface area (Å²) in [5.41, 5.74) is 10.2. The number of anilines is 5. The monoisotopic (exact) mass is 402 g/mol. The number of rotatable bonds is 6. The number of aromatic nitrogens is 3. The standard InChI is InChI=1S/C22H23N7O/c1-14(30)29(2)18-8-6-16(7-9-18)26-22-27-20-19(10-11-24-20)21(28-22)25-17-5-3-4-15(12-17)13-23/h3-12H,13,23H2,1-2H3,(H3,24,25,26,27,28)/p+1. The first-order valence-electron chi connectivity index (χ1n) is 9.61. The van der Waals surface area contributed by atoms with Crippen molar-refractivity contribution in [2.24, 2.45) is 5.73 Å². The third kappa shape index (κ3) is 4.08. The van der Waals surface area contributed by atoms with E-state index in [-0.39, 0.29) is 5.91 Å². The fraction of sp³-hybridized carbons (Fsp3) is 0.136. The van der Waals surface area contributed by atoms with Crippen LogP contribution in [-0.2, 0) is 11.3 Å². The number of benzene rings is 2. The molecule has 2 aromatic carbocycles. The lowest BCUT2D eigenvalue weighted by molar-refractivity contribution is -0.333. The fourth-order valence-corrected chi connectivity index (χ4v) is 3.14. The van der Waals surface area contributed by atoms with Gasteiger partial charge >= 0.3 is 5.95 Å². The molecule has 0 saturated carbocycles. The molecule has 0 saturated heterocycles. The van der Waals surface area contributed by atoms with Gasteiger partial charge in [-0.15, -0.1) is 0 Å². The van der Waals surface area contributed by atoms with Crippen LogP contribution in [0, 0.1) is 0 Å². The highest BCUT2D eigenvalue weighted by molar-refractivity contribution is 5.91. The lowest BCUT2D eigenvalue weighted by Crippen LogP contribution is -2.22. The maximum Gasteiger partial charge on any atom is 0.351 e. The average molecular weight is 402 g/mol. The van der Waals surface area contributed by atoms with Crippen LogP contribution in [0.2, 0.25) is 0 Å². The van der Waals surface area contributed by atoms with E-state index in [1.54, 1.807) is 11.9 Å². The summed E-state index contributed by atoms with van der Waals surface area (Å²) in [6.07, 6.45) is 1.86. The second kappa shape index (κ2) is 8.22. The zero-order chi connectivity index (χ0) is 21.1. The molecule has 0 atom stereocenters. The summed E-state index contributed by atoms with van der Waals surface area (Å²) in [5, 5.41) is 7.60. The first-order chi connectivity index (χ1) is 14.5. The van der Waals surface area contributed by atoms with E-state index in [0.29, 0.717) is 12.5 Å². The van der Waals surface area contributed by atoms with Crippen molar-refractivity contribution in [1.29, 1.82) is 0 Å².